The second-order valence-electron chi connectivity index (χ2n) is 7.42. The van der Waals surface area contributed by atoms with Gasteiger partial charge in [0.1, 0.15) is 12.2 Å². The van der Waals surface area contributed by atoms with Crippen LogP contribution in [0, 0.1) is 17.3 Å². The highest BCUT2D eigenvalue weighted by Gasteiger charge is 2.39. The molecule has 1 aliphatic carbocycles. The molecule has 4 heteroatoms. The lowest BCUT2D eigenvalue weighted by molar-refractivity contribution is 0.137. The molecule has 0 amide bonds. The van der Waals surface area contributed by atoms with Crippen LogP contribution in [0.25, 0.3) is 0 Å². The first kappa shape index (κ1) is 15.8. The van der Waals surface area contributed by atoms with Crippen LogP contribution in [0.1, 0.15) is 65.7 Å². The van der Waals surface area contributed by atoms with E-state index in [2.05, 4.69) is 44.7 Å². The van der Waals surface area contributed by atoms with Crippen LogP contribution in [-0.2, 0) is 6.42 Å². The molecule has 1 fully saturated rings. The Morgan fingerprint density at radius 3 is 2.70 bits per heavy atom. The topological polar surface area (TPSA) is 30.7 Å². The van der Waals surface area contributed by atoms with Gasteiger partial charge in [-0.3, -0.25) is 0 Å². The van der Waals surface area contributed by atoms with E-state index in [1.54, 1.807) is 6.33 Å². The van der Waals surface area contributed by atoms with Crippen molar-refractivity contribution in [2.24, 2.45) is 17.3 Å². The maximum atomic E-state index is 6.66. The summed E-state index contributed by atoms with van der Waals surface area (Å²) >= 11 is 6.66. The fourth-order valence-corrected chi connectivity index (χ4v) is 4.33. The zero-order valence-electron chi connectivity index (χ0n) is 13.4. The second kappa shape index (κ2) is 6.05. The van der Waals surface area contributed by atoms with E-state index in [0.717, 1.165) is 24.6 Å². The fraction of sp³-hybridized carbons (Fsp3) is 0.875. The van der Waals surface area contributed by atoms with E-state index in [9.17, 15) is 0 Å². The summed E-state index contributed by atoms with van der Waals surface area (Å²) in [6.07, 6.45) is 6.30. The van der Waals surface area contributed by atoms with E-state index >= 15 is 0 Å². The van der Waals surface area contributed by atoms with Gasteiger partial charge in [0.15, 0.2) is 0 Å². The van der Waals surface area contributed by atoms with E-state index < -0.39 is 0 Å². The lowest BCUT2D eigenvalue weighted by Crippen LogP contribution is -2.38. The third-order valence-electron chi connectivity index (χ3n) is 4.79. The molecule has 2 rings (SSSR count). The van der Waals surface area contributed by atoms with Crippen molar-refractivity contribution < 1.29 is 0 Å². The molecule has 0 aromatic carbocycles. The molecule has 0 N–H and O–H groups in total. The third-order valence-corrected chi connectivity index (χ3v) is 5.27. The van der Waals surface area contributed by atoms with Gasteiger partial charge in [-0.05, 0) is 43.9 Å². The number of nitrogens with zero attached hydrogens (tertiary/aromatic N) is 3. The van der Waals surface area contributed by atoms with Gasteiger partial charge in [0, 0.05) is 17.8 Å². The Hall–Kier alpha value is -0.570. The molecule has 0 saturated heterocycles. The summed E-state index contributed by atoms with van der Waals surface area (Å²) in [5.74, 6) is 2.43. The molecule has 1 heterocycles. The zero-order valence-corrected chi connectivity index (χ0v) is 14.2. The van der Waals surface area contributed by atoms with Crippen LogP contribution in [0.5, 0.6) is 0 Å². The standard InChI is InChI=1S/C16H28ClN3/c1-11(2)20-15(18-10-19-20)9-16(4,5)13-7-6-12(3)8-14(13)17/h10-14H,6-9H2,1-5H3. The molecule has 0 spiro atoms. The molecule has 1 saturated carbocycles. The maximum absolute atomic E-state index is 6.66. The zero-order chi connectivity index (χ0) is 14.9. The Labute approximate surface area is 128 Å². The first-order valence-electron chi connectivity index (χ1n) is 7.83. The molecular formula is C16H28ClN3. The van der Waals surface area contributed by atoms with Gasteiger partial charge in [0.05, 0.1) is 0 Å². The molecule has 114 valence electrons. The summed E-state index contributed by atoms with van der Waals surface area (Å²) < 4.78 is 2.04. The highest BCUT2D eigenvalue weighted by Crippen LogP contribution is 2.44. The van der Waals surface area contributed by atoms with Gasteiger partial charge in [0.2, 0.25) is 0 Å². The molecule has 1 aromatic heterocycles. The van der Waals surface area contributed by atoms with Crippen LogP contribution in [0.2, 0.25) is 0 Å². The summed E-state index contributed by atoms with van der Waals surface area (Å²) in [5, 5.41) is 4.64. The lowest BCUT2D eigenvalue weighted by atomic mass is 9.67. The SMILES string of the molecule is CC1CCC(C(C)(C)Cc2ncnn2C(C)C)C(Cl)C1. The molecule has 0 radical (unpaired) electrons. The average Bonchev–Trinajstić information content (AvgIpc) is 2.75. The minimum Gasteiger partial charge on any atom is -0.248 e. The highest BCUT2D eigenvalue weighted by molar-refractivity contribution is 6.20. The first-order chi connectivity index (χ1) is 9.31. The third kappa shape index (κ3) is 3.36. The predicted octanol–water partition coefficient (Wildman–Crippen LogP) is 4.47. The molecular weight excluding hydrogens is 270 g/mol. The van der Waals surface area contributed by atoms with Crippen LogP contribution in [0.15, 0.2) is 6.33 Å². The number of hydrogen-bond donors (Lipinski definition) is 0. The van der Waals surface area contributed by atoms with Crippen molar-refractivity contribution in [3.05, 3.63) is 12.2 Å². The van der Waals surface area contributed by atoms with E-state index in [-0.39, 0.29) is 5.41 Å². The van der Waals surface area contributed by atoms with Crippen LogP contribution in [0.4, 0.5) is 0 Å². The molecule has 1 aliphatic rings. The minimum atomic E-state index is 0.173. The monoisotopic (exact) mass is 297 g/mol. The van der Waals surface area contributed by atoms with Crippen molar-refractivity contribution in [2.45, 2.75) is 71.7 Å². The van der Waals surface area contributed by atoms with Crippen molar-refractivity contribution in [2.75, 3.05) is 0 Å². The van der Waals surface area contributed by atoms with Crippen LogP contribution >= 0.6 is 11.6 Å². The summed E-state index contributed by atoms with van der Waals surface area (Å²) in [5.41, 5.74) is 0.173. The number of aromatic nitrogens is 3. The van der Waals surface area contributed by atoms with Gasteiger partial charge in [-0.2, -0.15) is 5.10 Å². The van der Waals surface area contributed by atoms with Gasteiger partial charge in [-0.1, -0.05) is 27.2 Å². The minimum absolute atomic E-state index is 0.173. The number of alkyl halides is 1. The number of hydrogen-bond acceptors (Lipinski definition) is 2. The average molecular weight is 298 g/mol. The first-order valence-corrected chi connectivity index (χ1v) is 8.27. The summed E-state index contributed by atoms with van der Waals surface area (Å²) in [7, 11) is 0. The molecule has 1 aromatic rings. The largest absolute Gasteiger partial charge is 0.248 e. The molecule has 3 atom stereocenters. The normalized spacial score (nSPS) is 28.1. The van der Waals surface area contributed by atoms with Gasteiger partial charge in [-0.15, -0.1) is 11.6 Å². The van der Waals surface area contributed by atoms with E-state index in [1.165, 1.54) is 12.8 Å². The molecule has 0 bridgehead atoms. The fourth-order valence-electron chi connectivity index (χ4n) is 3.56. The quantitative estimate of drug-likeness (QED) is 0.768. The smallest absolute Gasteiger partial charge is 0.138 e. The van der Waals surface area contributed by atoms with E-state index in [4.69, 9.17) is 11.6 Å². The Kier molecular flexibility index (Phi) is 4.78. The van der Waals surface area contributed by atoms with Crippen molar-refractivity contribution in [1.82, 2.24) is 14.8 Å². The van der Waals surface area contributed by atoms with E-state index in [1.807, 2.05) is 4.68 Å². The molecule has 3 unspecified atom stereocenters. The van der Waals surface area contributed by atoms with Crippen molar-refractivity contribution >= 4 is 11.6 Å². The molecule has 3 nitrogen and oxygen atoms in total. The maximum Gasteiger partial charge on any atom is 0.138 e. The highest BCUT2D eigenvalue weighted by atomic mass is 35.5. The number of halogens is 1. The van der Waals surface area contributed by atoms with Gasteiger partial charge < -0.3 is 0 Å². The van der Waals surface area contributed by atoms with Crippen LogP contribution in [0.3, 0.4) is 0 Å². The second-order valence-corrected chi connectivity index (χ2v) is 7.98. The summed E-state index contributed by atoms with van der Waals surface area (Å²) in [6, 6.07) is 0.362. The van der Waals surface area contributed by atoms with Gasteiger partial charge >= 0.3 is 0 Å². The lowest BCUT2D eigenvalue weighted by Gasteiger charge is -2.41. The van der Waals surface area contributed by atoms with Crippen molar-refractivity contribution in [1.29, 1.82) is 0 Å². The summed E-state index contributed by atoms with van der Waals surface area (Å²) in [4.78, 5) is 4.47. The van der Waals surface area contributed by atoms with Crippen molar-refractivity contribution in [3.63, 3.8) is 0 Å². The van der Waals surface area contributed by atoms with Crippen LogP contribution in [-0.4, -0.2) is 20.1 Å². The Bertz CT molecular complexity index is 439. The number of rotatable bonds is 4. The van der Waals surface area contributed by atoms with Crippen molar-refractivity contribution in [3.8, 4) is 0 Å². The van der Waals surface area contributed by atoms with Crippen LogP contribution < -0.4 is 0 Å². The van der Waals surface area contributed by atoms with Gasteiger partial charge in [-0.25, -0.2) is 9.67 Å². The Balaban J connectivity index is 2.12. The Morgan fingerprint density at radius 2 is 2.10 bits per heavy atom. The summed E-state index contributed by atoms with van der Waals surface area (Å²) in [6.45, 7) is 11.3. The predicted molar refractivity (Wildman–Crippen MR) is 84.0 cm³/mol. The Morgan fingerprint density at radius 1 is 1.40 bits per heavy atom. The molecule has 0 aliphatic heterocycles. The van der Waals surface area contributed by atoms with Gasteiger partial charge in [0.25, 0.3) is 0 Å². The molecule has 20 heavy (non-hydrogen) atoms. The van der Waals surface area contributed by atoms with E-state index in [0.29, 0.717) is 17.3 Å².